The summed E-state index contributed by atoms with van der Waals surface area (Å²) >= 11 is 5.74. The Labute approximate surface area is 126 Å². The summed E-state index contributed by atoms with van der Waals surface area (Å²) in [6, 6.07) is 4.49. The number of aromatic nitrogens is 2. The number of ether oxygens (including phenoxy) is 1. The van der Waals surface area contributed by atoms with Crippen molar-refractivity contribution in [2.75, 3.05) is 13.2 Å². The van der Waals surface area contributed by atoms with Gasteiger partial charge in [-0.15, -0.1) is 0 Å². The fourth-order valence-electron chi connectivity index (χ4n) is 2.35. The Morgan fingerprint density at radius 1 is 1.48 bits per heavy atom. The van der Waals surface area contributed by atoms with Crippen molar-refractivity contribution in [3.05, 3.63) is 46.3 Å². The molecule has 0 radical (unpaired) electrons. The number of halogens is 2. The van der Waals surface area contributed by atoms with Crippen LogP contribution >= 0.6 is 11.6 Å². The second kappa shape index (κ2) is 6.09. The summed E-state index contributed by atoms with van der Waals surface area (Å²) in [6.07, 6.45) is 0.892. The molecule has 1 aromatic carbocycles. The first-order valence-corrected chi connectivity index (χ1v) is 7.10. The Morgan fingerprint density at radius 3 is 2.95 bits per heavy atom. The molecule has 2 aromatic rings. The molecule has 7 heteroatoms. The first-order chi connectivity index (χ1) is 10.1. The second-order valence-electron chi connectivity index (χ2n) is 5.01. The van der Waals surface area contributed by atoms with Crippen molar-refractivity contribution in [1.29, 1.82) is 0 Å². The van der Waals surface area contributed by atoms with Crippen LogP contribution in [-0.4, -0.2) is 29.4 Å². The van der Waals surface area contributed by atoms with Crippen LogP contribution in [0.15, 0.2) is 22.7 Å². The van der Waals surface area contributed by atoms with Gasteiger partial charge < -0.3 is 9.26 Å². The number of nitrogens with one attached hydrogen (secondary N) is 1. The van der Waals surface area contributed by atoms with Gasteiger partial charge in [-0.25, -0.2) is 4.39 Å². The Bertz CT molecular complexity index is 628. The molecule has 1 saturated heterocycles. The molecule has 5 nitrogen and oxygen atoms in total. The van der Waals surface area contributed by atoms with E-state index in [4.69, 9.17) is 20.9 Å². The summed E-state index contributed by atoms with van der Waals surface area (Å²) in [7, 11) is 0. The third kappa shape index (κ3) is 3.23. The molecule has 1 aliphatic rings. The van der Waals surface area contributed by atoms with Crippen molar-refractivity contribution in [3.8, 4) is 0 Å². The van der Waals surface area contributed by atoms with Gasteiger partial charge in [-0.1, -0.05) is 22.8 Å². The fourth-order valence-corrected chi connectivity index (χ4v) is 2.46. The monoisotopic (exact) mass is 311 g/mol. The molecule has 2 heterocycles. The topological polar surface area (TPSA) is 60.2 Å². The van der Waals surface area contributed by atoms with E-state index in [1.54, 1.807) is 13.0 Å². The summed E-state index contributed by atoms with van der Waals surface area (Å²) < 4.78 is 24.1. The van der Waals surface area contributed by atoms with Crippen molar-refractivity contribution in [2.24, 2.45) is 0 Å². The van der Waals surface area contributed by atoms with Crippen LogP contribution < -0.4 is 5.32 Å². The normalized spacial score (nSPS) is 19.9. The van der Waals surface area contributed by atoms with E-state index in [9.17, 15) is 4.39 Å². The Balaban J connectivity index is 1.92. The molecule has 1 aliphatic heterocycles. The maximum absolute atomic E-state index is 13.7. The largest absolute Gasteiger partial charge is 0.380 e. The number of aryl methyl sites for hydroxylation is 1. The molecule has 0 bridgehead atoms. The molecule has 0 spiro atoms. The van der Waals surface area contributed by atoms with Crippen LogP contribution in [0.25, 0.3) is 0 Å². The maximum Gasteiger partial charge on any atom is 0.223 e. The van der Waals surface area contributed by atoms with Crippen molar-refractivity contribution in [2.45, 2.75) is 25.4 Å². The Kier molecular flexibility index (Phi) is 4.19. The number of hydrogen-bond acceptors (Lipinski definition) is 5. The average molecular weight is 312 g/mol. The van der Waals surface area contributed by atoms with Gasteiger partial charge in [-0.3, -0.25) is 5.32 Å². The predicted octanol–water partition coefficient (Wildman–Crippen LogP) is 2.64. The Morgan fingerprint density at radius 2 is 2.33 bits per heavy atom. The summed E-state index contributed by atoms with van der Waals surface area (Å²) in [5.41, 5.74) is 0.699. The van der Waals surface area contributed by atoms with Crippen molar-refractivity contribution in [1.82, 2.24) is 15.5 Å². The molecule has 112 valence electrons. The fraction of sp³-hybridized carbons (Fsp3) is 0.429. The van der Waals surface area contributed by atoms with Gasteiger partial charge in [-0.2, -0.15) is 4.98 Å². The van der Waals surface area contributed by atoms with Gasteiger partial charge in [-0.05, 0) is 24.1 Å². The molecule has 3 rings (SSSR count). The molecule has 21 heavy (non-hydrogen) atoms. The average Bonchev–Trinajstić information content (AvgIpc) is 3.11. The second-order valence-corrected chi connectivity index (χ2v) is 5.41. The van der Waals surface area contributed by atoms with Gasteiger partial charge in [0.2, 0.25) is 5.89 Å². The zero-order chi connectivity index (χ0) is 14.8. The highest BCUT2D eigenvalue weighted by atomic mass is 35.5. The smallest absolute Gasteiger partial charge is 0.223 e. The minimum absolute atomic E-state index is 0.0889. The SMILES string of the molecule is Cc1nc([C@@H](N[C@H]2CCOC2)c2ccc(Cl)c(F)c2)no1. The van der Waals surface area contributed by atoms with Crippen LogP contribution in [0.1, 0.15) is 29.7 Å². The van der Waals surface area contributed by atoms with Gasteiger partial charge in [0, 0.05) is 19.6 Å². The van der Waals surface area contributed by atoms with E-state index in [0.717, 1.165) is 6.42 Å². The van der Waals surface area contributed by atoms with Crippen LogP contribution in [0, 0.1) is 12.7 Å². The van der Waals surface area contributed by atoms with Crippen LogP contribution in [0.3, 0.4) is 0 Å². The number of benzene rings is 1. The lowest BCUT2D eigenvalue weighted by Gasteiger charge is -2.20. The molecule has 1 N–H and O–H groups in total. The first-order valence-electron chi connectivity index (χ1n) is 6.72. The lowest BCUT2D eigenvalue weighted by Crippen LogP contribution is -2.34. The Hall–Kier alpha value is -1.50. The lowest BCUT2D eigenvalue weighted by molar-refractivity contribution is 0.188. The number of rotatable bonds is 4. The standard InChI is InChI=1S/C14H15ClFN3O2/c1-8-17-14(19-21-8)13(18-10-4-5-20-7-10)9-2-3-11(15)12(16)6-9/h2-3,6,10,13,18H,4-5,7H2,1H3/t10-,13-/m0/s1. The van der Waals surface area contributed by atoms with Crippen molar-refractivity contribution < 1.29 is 13.7 Å². The van der Waals surface area contributed by atoms with E-state index in [0.29, 0.717) is 30.5 Å². The highest BCUT2D eigenvalue weighted by molar-refractivity contribution is 6.30. The molecule has 0 amide bonds. The van der Waals surface area contributed by atoms with Crippen molar-refractivity contribution >= 4 is 11.6 Å². The molecule has 1 aromatic heterocycles. The van der Waals surface area contributed by atoms with Crippen LogP contribution in [-0.2, 0) is 4.74 Å². The summed E-state index contributed by atoms with van der Waals surface area (Å²) in [5, 5.41) is 7.42. The van der Waals surface area contributed by atoms with Gasteiger partial charge in [0.15, 0.2) is 5.82 Å². The summed E-state index contributed by atoms with van der Waals surface area (Å²) in [6.45, 7) is 3.04. The zero-order valence-corrected chi connectivity index (χ0v) is 12.2. The molecule has 1 fully saturated rings. The van der Waals surface area contributed by atoms with Gasteiger partial charge in [0.05, 0.1) is 17.7 Å². The molecule has 0 saturated carbocycles. The minimum atomic E-state index is -0.469. The molecule has 0 unspecified atom stereocenters. The summed E-state index contributed by atoms with van der Waals surface area (Å²) in [4.78, 5) is 4.25. The zero-order valence-electron chi connectivity index (χ0n) is 11.5. The van der Waals surface area contributed by atoms with E-state index in [1.807, 2.05) is 0 Å². The van der Waals surface area contributed by atoms with Gasteiger partial charge in [0.1, 0.15) is 5.82 Å². The third-order valence-electron chi connectivity index (χ3n) is 3.41. The molecular formula is C14H15ClFN3O2. The quantitative estimate of drug-likeness (QED) is 0.940. The van der Waals surface area contributed by atoms with E-state index < -0.39 is 5.82 Å². The maximum atomic E-state index is 13.7. The first kappa shape index (κ1) is 14.4. The highest BCUT2D eigenvalue weighted by Gasteiger charge is 2.26. The van der Waals surface area contributed by atoms with Crippen LogP contribution in [0.4, 0.5) is 4.39 Å². The van der Waals surface area contributed by atoms with E-state index in [1.165, 1.54) is 12.1 Å². The van der Waals surface area contributed by atoms with Gasteiger partial charge >= 0.3 is 0 Å². The minimum Gasteiger partial charge on any atom is -0.380 e. The van der Waals surface area contributed by atoms with Crippen molar-refractivity contribution in [3.63, 3.8) is 0 Å². The van der Waals surface area contributed by atoms with E-state index in [-0.39, 0.29) is 17.1 Å². The van der Waals surface area contributed by atoms with Gasteiger partial charge in [0.25, 0.3) is 0 Å². The molecule has 2 atom stereocenters. The number of hydrogen-bond donors (Lipinski definition) is 1. The van der Waals surface area contributed by atoms with Crippen LogP contribution in [0.5, 0.6) is 0 Å². The highest BCUT2D eigenvalue weighted by Crippen LogP contribution is 2.25. The van der Waals surface area contributed by atoms with E-state index in [2.05, 4.69) is 15.5 Å². The van der Waals surface area contributed by atoms with E-state index >= 15 is 0 Å². The third-order valence-corrected chi connectivity index (χ3v) is 3.72. The lowest BCUT2D eigenvalue weighted by atomic mass is 10.0. The van der Waals surface area contributed by atoms with Crippen LogP contribution in [0.2, 0.25) is 5.02 Å². The predicted molar refractivity (Wildman–Crippen MR) is 74.6 cm³/mol. The summed E-state index contributed by atoms with van der Waals surface area (Å²) in [5.74, 6) is 0.471. The molecule has 0 aliphatic carbocycles. The number of nitrogens with zero attached hydrogens (tertiary/aromatic N) is 2. The molecular weight excluding hydrogens is 297 g/mol.